The molecule has 1 fully saturated rings. The van der Waals surface area contributed by atoms with Crippen LogP contribution in [0.2, 0.25) is 0 Å². The molecule has 1 aromatic heterocycles. The molecule has 0 radical (unpaired) electrons. The van der Waals surface area contributed by atoms with Crippen molar-refractivity contribution in [2.75, 3.05) is 31.1 Å². The van der Waals surface area contributed by atoms with Crippen LogP contribution in [-0.4, -0.2) is 42.0 Å². The van der Waals surface area contributed by atoms with Crippen molar-refractivity contribution >= 4 is 27.5 Å². The van der Waals surface area contributed by atoms with Gasteiger partial charge in [-0.2, -0.15) is 0 Å². The molecular weight excluding hydrogens is 318 g/mol. The lowest BCUT2D eigenvalue weighted by molar-refractivity contribution is 0.0741. The van der Waals surface area contributed by atoms with Crippen molar-refractivity contribution in [3.63, 3.8) is 0 Å². The van der Waals surface area contributed by atoms with Crippen LogP contribution in [0.1, 0.15) is 10.5 Å². The van der Waals surface area contributed by atoms with E-state index in [2.05, 4.69) is 37.9 Å². The van der Waals surface area contributed by atoms with E-state index in [0.29, 0.717) is 5.69 Å². The number of nitrogens with one attached hydrogen (secondary N) is 1. The number of aromatic amines is 1. The number of aromatic nitrogens is 1. The monoisotopic (exact) mass is 333 g/mol. The van der Waals surface area contributed by atoms with Gasteiger partial charge < -0.3 is 14.8 Å². The smallest absolute Gasteiger partial charge is 0.270 e. The third-order valence-corrected chi connectivity index (χ3v) is 4.02. The number of piperazine rings is 1. The van der Waals surface area contributed by atoms with Gasteiger partial charge in [0.05, 0.1) is 0 Å². The van der Waals surface area contributed by atoms with Gasteiger partial charge in [0.2, 0.25) is 0 Å². The van der Waals surface area contributed by atoms with E-state index in [4.69, 9.17) is 0 Å². The van der Waals surface area contributed by atoms with Gasteiger partial charge in [0, 0.05) is 42.5 Å². The van der Waals surface area contributed by atoms with Gasteiger partial charge in [-0.15, -0.1) is 0 Å². The second-order valence-corrected chi connectivity index (χ2v) is 5.76. The van der Waals surface area contributed by atoms with E-state index in [1.54, 1.807) is 6.20 Å². The predicted molar refractivity (Wildman–Crippen MR) is 83.1 cm³/mol. The number of H-pyrrole nitrogens is 1. The summed E-state index contributed by atoms with van der Waals surface area (Å²) >= 11 is 3.35. The highest BCUT2D eigenvalue weighted by molar-refractivity contribution is 9.10. The Kier molecular flexibility index (Phi) is 3.78. The molecule has 2 aromatic rings. The van der Waals surface area contributed by atoms with Crippen LogP contribution < -0.4 is 4.90 Å². The maximum absolute atomic E-state index is 12.3. The minimum atomic E-state index is 0.0726. The molecule has 5 heteroatoms. The van der Waals surface area contributed by atoms with Crippen molar-refractivity contribution in [2.24, 2.45) is 0 Å². The van der Waals surface area contributed by atoms with Crippen LogP contribution in [0.5, 0.6) is 0 Å². The van der Waals surface area contributed by atoms with Gasteiger partial charge in [-0.05, 0) is 34.1 Å². The van der Waals surface area contributed by atoms with E-state index in [-0.39, 0.29) is 5.91 Å². The lowest BCUT2D eigenvalue weighted by atomic mass is 10.2. The molecule has 1 aromatic carbocycles. The SMILES string of the molecule is O=C(c1cc(Br)c[nH]1)N1CCN(c2ccccc2)CC1. The minimum Gasteiger partial charge on any atom is -0.368 e. The zero-order chi connectivity index (χ0) is 13.9. The molecule has 0 saturated carbocycles. The van der Waals surface area contributed by atoms with Crippen molar-refractivity contribution in [3.05, 3.63) is 52.8 Å². The number of para-hydroxylation sites is 1. The summed E-state index contributed by atoms with van der Waals surface area (Å²) in [5.74, 6) is 0.0726. The number of hydrogen-bond donors (Lipinski definition) is 1. The molecule has 1 amide bonds. The van der Waals surface area contributed by atoms with Crippen LogP contribution in [0.15, 0.2) is 47.1 Å². The maximum atomic E-state index is 12.3. The fourth-order valence-electron chi connectivity index (χ4n) is 2.47. The number of amides is 1. The zero-order valence-corrected chi connectivity index (χ0v) is 12.6. The molecule has 0 spiro atoms. The molecule has 2 heterocycles. The minimum absolute atomic E-state index is 0.0726. The van der Waals surface area contributed by atoms with E-state index in [1.807, 2.05) is 29.2 Å². The first kappa shape index (κ1) is 13.2. The Morgan fingerprint density at radius 1 is 1.10 bits per heavy atom. The van der Waals surface area contributed by atoms with Gasteiger partial charge in [-0.3, -0.25) is 4.79 Å². The highest BCUT2D eigenvalue weighted by Crippen LogP contribution is 2.17. The van der Waals surface area contributed by atoms with Crippen LogP contribution in [0, 0.1) is 0 Å². The summed E-state index contributed by atoms with van der Waals surface area (Å²) in [7, 11) is 0. The van der Waals surface area contributed by atoms with E-state index in [1.165, 1.54) is 5.69 Å². The van der Waals surface area contributed by atoms with Crippen LogP contribution in [0.4, 0.5) is 5.69 Å². The van der Waals surface area contributed by atoms with Crippen molar-refractivity contribution < 1.29 is 4.79 Å². The molecule has 0 atom stereocenters. The molecule has 1 aliphatic heterocycles. The second-order valence-electron chi connectivity index (χ2n) is 4.85. The number of carbonyl (C=O) groups is 1. The maximum Gasteiger partial charge on any atom is 0.270 e. The molecule has 4 nitrogen and oxygen atoms in total. The number of nitrogens with zero attached hydrogens (tertiary/aromatic N) is 2. The van der Waals surface area contributed by atoms with E-state index < -0.39 is 0 Å². The molecule has 0 bridgehead atoms. The number of anilines is 1. The topological polar surface area (TPSA) is 39.3 Å². The number of halogens is 1. The first-order chi connectivity index (χ1) is 9.74. The van der Waals surface area contributed by atoms with Crippen molar-refractivity contribution in [1.29, 1.82) is 0 Å². The summed E-state index contributed by atoms with van der Waals surface area (Å²) in [6.45, 7) is 3.25. The lowest BCUT2D eigenvalue weighted by Gasteiger charge is -2.35. The van der Waals surface area contributed by atoms with Crippen molar-refractivity contribution in [3.8, 4) is 0 Å². The van der Waals surface area contributed by atoms with Gasteiger partial charge in [-0.1, -0.05) is 18.2 Å². The largest absolute Gasteiger partial charge is 0.368 e. The van der Waals surface area contributed by atoms with Crippen molar-refractivity contribution in [2.45, 2.75) is 0 Å². The molecular formula is C15H16BrN3O. The van der Waals surface area contributed by atoms with Crippen LogP contribution in [0.3, 0.4) is 0 Å². The Morgan fingerprint density at radius 2 is 1.80 bits per heavy atom. The fraction of sp³-hybridized carbons (Fsp3) is 0.267. The number of hydrogen-bond acceptors (Lipinski definition) is 2. The first-order valence-electron chi connectivity index (χ1n) is 6.67. The summed E-state index contributed by atoms with van der Waals surface area (Å²) in [6, 6.07) is 12.2. The lowest BCUT2D eigenvalue weighted by Crippen LogP contribution is -2.48. The second kappa shape index (κ2) is 5.71. The van der Waals surface area contributed by atoms with Gasteiger partial charge in [0.25, 0.3) is 5.91 Å². The van der Waals surface area contributed by atoms with Gasteiger partial charge in [-0.25, -0.2) is 0 Å². The zero-order valence-electron chi connectivity index (χ0n) is 11.1. The molecule has 3 rings (SSSR count). The van der Waals surface area contributed by atoms with Crippen molar-refractivity contribution in [1.82, 2.24) is 9.88 Å². The first-order valence-corrected chi connectivity index (χ1v) is 7.46. The Balaban J connectivity index is 1.63. The number of benzene rings is 1. The molecule has 104 valence electrons. The quantitative estimate of drug-likeness (QED) is 0.917. The van der Waals surface area contributed by atoms with Gasteiger partial charge in [0.1, 0.15) is 5.69 Å². The normalized spacial score (nSPS) is 15.4. The standard InChI is InChI=1S/C15H16BrN3O/c16-12-10-14(17-11-12)15(20)19-8-6-18(7-9-19)13-4-2-1-3-5-13/h1-5,10-11,17H,6-9H2. The van der Waals surface area contributed by atoms with Gasteiger partial charge in [0.15, 0.2) is 0 Å². The average molecular weight is 334 g/mol. The number of rotatable bonds is 2. The van der Waals surface area contributed by atoms with Crippen LogP contribution >= 0.6 is 15.9 Å². The van der Waals surface area contributed by atoms with E-state index in [9.17, 15) is 4.79 Å². The summed E-state index contributed by atoms with van der Waals surface area (Å²) in [5.41, 5.74) is 1.87. The van der Waals surface area contributed by atoms with E-state index >= 15 is 0 Å². The Bertz CT molecular complexity index is 588. The van der Waals surface area contributed by atoms with Crippen LogP contribution in [-0.2, 0) is 0 Å². The Labute approximate surface area is 126 Å². The molecule has 0 unspecified atom stereocenters. The third-order valence-electron chi connectivity index (χ3n) is 3.57. The Hall–Kier alpha value is -1.75. The average Bonchev–Trinajstić information content (AvgIpc) is 2.94. The van der Waals surface area contributed by atoms with Gasteiger partial charge >= 0.3 is 0 Å². The highest BCUT2D eigenvalue weighted by Gasteiger charge is 2.22. The highest BCUT2D eigenvalue weighted by atomic mass is 79.9. The number of carbonyl (C=O) groups excluding carboxylic acids is 1. The fourth-order valence-corrected chi connectivity index (χ4v) is 2.81. The third kappa shape index (κ3) is 2.72. The summed E-state index contributed by atoms with van der Waals surface area (Å²) in [5, 5.41) is 0. The Morgan fingerprint density at radius 3 is 2.40 bits per heavy atom. The summed E-state index contributed by atoms with van der Waals surface area (Å²) < 4.78 is 0.906. The summed E-state index contributed by atoms with van der Waals surface area (Å²) in [6.07, 6.45) is 1.79. The molecule has 1 saturated heterocycles. The van der Waals surface area contributed by atoms with Crippen LogP contribution in [0.25, 0.3) is 0 Å². The van der Waals surface area contributed by atoms with E-state index in [0.717, 1.165) is 30.7 Å². The molecule has 0 aliphatic carbocycles. The molecule has 20 heavy (non-hydrogen) atoms. The molecule has 1 aliphatic rings. The predicted octanol–water partition coefficient (Wildman–Crippen LogP) is 2.74. The summed E-state index contributed by atoms with van der Waals surface area (Å²) in [4.78, 5) is 19.5. The molecule has 1 N–H and O–H groups in total.